The minimum Gasteiger partial charge on any atom is -0.481 e. The molecule has 3 aromatic rings. The number of carboxylic acids is 3. The predicted molar refractivity (Wildman–Crippen MR) is 200 cm³/mol. The fourth-order valence-electron chi connectivity index (χ4n) is 6.53. The summed E-state index contributed by atoms with van der Waals surface area (Å²) in [6.45, 7) is 0.538. The first-order chi connectivity index (χ1) is 26.8. The Morgan fingerprint density at radius 3 is 2.07 bits per heavy atom. The minimum atomic E-state index is -1.53. The second-order valence-corrected chi connectivity index (χ2v) is 13.9. The van der Waals surface area contributed by atoms with Crippen LogP contribution in [0, 0.1) is 17.8 Å². The highest BCUT2D eigenvalue weighted by atomic mass is 19.1. The molecular weight excluding hydrogens is 731 g/mol. The zero-order valence-electron chi connectivity index (χ0n) is 30.7. The van der Waals surface area contributed by atoms with Gasteiger partial charge in [-0.1, -0.05) is 42.5 Å². The summed E-state index contributed by atoms with van der Waals surface area (Å²) >= 11 is 0. The van der Waals surface area contributed by atoms with E-state index in [0.29, 0.717) is 38.6 Å². The lowest BCUT2D eigenvalue weighted by atomic mass is 9.81. The van der Waals surface area contributed by atoms with Gasteiger partial charge in [0.25, 0.3) is 5.91 Å². The van der Waals surface area contributed by atoms with Crippen LogP contribution in [0.25, 0.3) is 10.8 Å². The van der Waals surface area contributed by atoms with E-state index >= 15 is 0 Å². The van der Waals surface area contributed by atoms with E-state index in [9.17, 15) is 48.2 Å². The number of pyridine rings is 1. The summed E-state index contributed by atoms with van der Waals surface area (Å²) in [6.07, 6.45) is 3.50. The molecular formula is C39H47FN6O10. The molecule has 1 fully saturated rings. The second kappa shape index (κ2) is 21.1. The van der Waals surface area contributed by atoms with Gasteiger partial charge in [0.05, 0.1) is 5.56 Å². The zero-order chi connectivity index (χ0) is 40.6. The Morgan fingerprint density at radius 2 is 1.43 bits per heavy atom. The average Bonchev–Trinajstić information content (AvgIpc) is 3.17. The number of carboxylic acid groups (broad SMARTS) is 3. The molecule has 1 aliphatic carbocycles. The van der Waals surface area contributed by atoms with Crippen molar-refractivity contribution >= 4 is 52.4 Å². The summed E-state index contributed by atoms with van der Waals surface area (Å²) in [5, 5.41) is 42.5. The van der Waals surface area contributed by atoms with Crippen molar-refractivity contribution in [1.29, 1.82) is 0 Å². The van der Waals surface area contributed by atoms with E-state index in [-0.39, 0.29) is 61.4 Å². The lowest BCUT2D eigenvalue weighted by Gasteiger charge is -2.29. The first-order valence-electron chi connectivity index (χ1n) is 18.5. The molecule has 3 atom stereocenters. The van der Waals surface area contributed by atoms with Crippen LogP contribution in [0.3, 0.4) is 0 Å². The molecule has 2 aromatic carbocycles. The quantitative estimate of drug-likeness (QED) is 0.0611. The molecule has 5 amide bonds. The van der Waals surface area contributed by atoms with Crippen LogP contribution in [-0.4, -0.2) is 93.2 Å². The van der Waals surface area contributed by atoms with Crippen molar-refractivity contribution in [3.8, 4) is 0 Å². The van der Waals surface area contributed by atoms with Crippen molar-refractivity contribution in [2.75, 3.05) is 13.1 Å². The number of hydrogen-bond donors (Lipinski definition) is 8. The maximum absolute atomic E-state index is 13.5. The van der Waals surface area contributed by atoms with Gasteiger partial charge in [0.15, 0.2) is 0 Å². The summed E-state index contributed by atoms with van der Waals surface area (Å²) < 4.78 is 13.1. The highest BCUT2D eigenvalue weighted by molar-refractivity contribution is 5.94. The van der Waals surface area contributed by atoms with Gasteiger partial charge in [-0.2, -0.15) is 4.39 Å². The van der Waals surface area contributed by atoms with E-state index in [1.54, 1.807) is 0 Å². The minimum absolute atomic E-state index is 0.0431. The fourth-order valence-corrected chi connectivity index (χ4v) is 6.53. The number of unbranched alkanes of at least 4 members (excludes halogenated alkanes) is 1. The van der Waals surface area contributed by atoms with E-state index in [1.807, 2.05) is 42.5 Å². The summed E-state index contributed by atoms with van der Waals surface area (Å²) in [7, 11) is 0. The number of nitrogens with zero attached hydrogens (tertiary/aromatic N) is 1. The van der Waals surface area contributed by atoms with Crippen molar-refractivity contribution < 1.29 is 53.3 Å². The van der Waals surface area contributed by atoms with Gasteiger partial charge in [0.2, 0.25) is 17.8 Å². The molecule has 17 heteroatoms. The Labute approximate surface area is 322 Å². The maximum atomic E-state index is 13.5. The second-order valence-electron chi connectivity index (χ2n) is 13.9. The third kappa shape index (κ3) is 13.6. The van der Waals surface area contributed by atoms with E-state index < -0.39 is 60.3 Å². The lowest BCUT2D eigenvalue weighted by molar-refractivity contribution is -0.141. The molecule has 8 N–H and O–H groups in total. The van der Waals surface area contributed by atoms with Crippen molar-refractivity contribution in [3.05, 3.63) is 77.9 Å². The van der Waals surface area contributed by atoms with E-state index in [4.69, 9.17) is 5.11 Å². The number of carbonyl (C=O) groups is 7. The number of benzene rings is 2. The van der Waals surface area contributed by atoms with Crippen LogP contribution in [0.1, 0.15) is 73.7 Å². The normalized spacial score (nSPS) is 16.7. The molecule has 1 heterocycles. The molecule has 1 saturated carbocycles. The number of nitrogens with one attached hydrogen (secondary N) is 5. The monoisotopic (exact) mass is 778 g/mol. The predicted octanol–water partition coefficient (Wildman–Crippen LogP) is 2.99. The molecule has 0 spiro atoms. The summed E-state index contributed by atoms with van der Waals surface area (Å²) in [5.41, 5.74) is 1.09. The van der Waals surface area contributed by atoms with Gasteiger partial charge < -0.3 is 41.9 Å². The molecule has 0 radical (unpaired) electrons. The van der Waals surface area contributed by atoms with E-state index in [2.05, 4.69) is 31.6 Å². The summed E-state index contributed by atoms with van der Waals surface area (Å²) in [4.78, 5) is 89.2. The van der Waals surface area contributed by atoms with Crippen molar-refractivity contribution in [2.45, 2.75) is 82.3 Å². The van der Waals surface area contributed by atoms with Crippen molar-refractivity contribution in [2.24, 2.45) is 11.8 Å². The van der Waals surface area contributed by atoms with Crippen LogP contribution in [0.15, 0.2) is 60.8 Å². The number of aliphatic carboxylic acids is 3. The van der Waals surface area contributed by atoms with Gasteiger partial charge in [-0.25, -0.2) is 19.4 Å². The molecule has 1 aromatic heterocycles. The third-order valence-electron chi connectivity index (χ3n) is 9.72. The van der Waals surface area contributed by atoms with Gasteiger partial charge in [-0.05, 0) is 85.8 Å². The standard InChI is InChI=1S/C39H47FN6O10/c40-32-16-14-28(22-42-32)34(49)43-21-23-8-12-26(13-9-23)35(50)44-31(20-24-10-11-25-5-1-2-6-27(25)19-24)36(51)41-18-4-3-7-29(37(52)53)45-39(56)46-30(38(54)55)15-17-33(47)48/h1-2,5-6,10-11,14,16,19,22-23,26,29-31H,3-4,7-9,12-13,15,17-18,20-21H2,(H,41,51)(H,43,49)(H,44,50)(H,47,48)(H,52,53)(H,54,55)(H2,45,46,56). The van der Waals surface area contributed by atoms with Gasteiger partial charge in [-0.3, -0.25) is 19.2 Å². The largest absolute Gasteiger partial charge is 0.481 e. The Bertz CT molecular complexity index is 1870. The Morgan fingerprint density at radius 1 is 0.750 bits per heavy atom. The molecule has 16 nitrogen and oxygen atoms in total. The smallest absolute Gasteiger partial charge is 0.326 e. The topological polar surface area (TPSA) is 253 Å². The molecule has 56 heavy (non-hydrogen) atoms. The SMILES string of the molecule is O=C(O)CCC(NC(=O)NC(CCCCNC(=O)C(Cc1ccc2ccccc2c1)NC(=O)C1CCC(CNC(=O)c2ccc(F)nc2)CC1)C(=O)O)C(=O)O. The summed E-state index contributed by atoms with van der Waals surface area (Å²) in [5.74, 6) is -5.99. The lowest BCUT2D eigenvalue weighted by Crippen LogP contribution is -2.51. The van der Waals surface area contributed by atoms with E-state index in [0.717, 1.165) is 22.4 Å². The maximum Gasteiger partial charge on any atom is 0.326 e. The van der Waals surface area contributed by atoms with Gasteiger partial charge in [0, 0.05) is 38.0 Å². The molecule has 0 bridgehead atoms. The first kappa shape index (κ1) is 42.6. The molecule has 1 aliphatic rings. The highest BCUT2D eigenvalue weighted by Gasteiger charge is 2.30. The van der Waals surface area contributed by atoms with Crippen LogP contribution < -0.4 is 26.6 Å². The molecule has 300 valence electrons. The third-order valence-corrected chi connectivity index (χ3v) is 9.72. The van der Waals surface area contributed by atoms with Gasteiger partial charge in [-0.15, -0.1) is 0 Å². The first-order valence-corrected chi connectivity index (χ1v) is 18.5. The van der Waals surface area contributed by atoms with Crippen molar-refractivity contribution in [1.82, 2.24) is 31.6 Å². The molecule has 0 saturated heterocycles. The van der Waals surface area contributed by atoms with E-state index in [1.165, 1.54) is 12.3 Å². The zero-order valence-corrected chi connectivity index (χ0v) is 30.7. The van der Waals surface area contributed by atoms with Crippen LogP contribution in [0.2, 0.25) is 0 Å². The van der Waals surface area contributed by atoms with Crippen LogP contribution in [-0.2, 0) is 30.4 Å². The van der Waals surface area contributed by atoms with Gasteiger partial charge >= 0.3 is 23.9 Å². The number of amides is 5. The number of aromatic nitrogens is 1. The number of fused-ring (bicyclic) bond motifs is 1. The number of halogens is 1. The highest BCUT2D eigenvalue weighted by Crippen LogP contribution is 2.29. The molecule has 0 aliphatic heterocycles. The number of rotatable bonds is 20. The fraction of sp³-hybridized carbons (Fsp3) is 0.436. The Hall–Kier alpha value is -6.13. The Balaban J connectivity index is 1.28. The molecule has 3 unspecified atom stereocenters. The van der Waals surface area contributed by atoms with Crippen LogP contribution in [0.5, 0.6) is 0 Å². The van der Waals surface area contributed by atoms with Crippen LogP contribution >= 0.6 is 0 Å². The average molecular weight is 779 g/mol. The summed E-state index contributed by atoms with van der Waals surface area (Å²) in [6, 6.07) is 11.1. The van der Waals surface area contributed by atoms with Gasteiger partial charge in [0.1, 0.15) is 18.1 Å². The Kier molecular flexibility index (Phi) is 16.0. The number of urea groups is 1. The number of carbonyl (C=O) groups excluding carboxylic acids is 4. The number of hydrogen-bond acceptors (Lipinski definition) is 8. The van der Waals surface area contributed by atoms with Crippen molar-refractivity contribution in [3.63, 3.8) is 0 Å². The molecule has 4 rings (SSSR count). The van der Waals surface area contributed by atoms with Crippen LogP contribution in [0.4, 0.5) is 9.18 Å².